The van der Waals surface area contributed by atoms with Crippen molar-refractivity contribution in [2.45, 2.75) is 31.8 Å². The standard InChI is InChI=1S/C38H31N3O4/c1-25-22-33(29-18-8-9-21-32(29)40(25)34(42)23-26-12-4-2-5-13-26)41(28-16-6-3-7-17-28)35(43)24-39-37(44)30-19-10-14-27-15-11-20-31(36(27)30)38(39)45/h2-21,25,33H,22-24H2,1H3/t25-,33-/m0/s1. The van der Waals surface area contributed by atoms with Gasteiger partial charge in [0, 0.05) is 33.9 Å². The van der Waals surface area contributed by atoms with Crippen LogP contribution < -0.4 is 9.80 Å². The Balaban J connectivity index is 1.24. The van der Waals surface area contributed by atoms with E-state index in [-0.39, 0.29) is 24.3 Å². The molecule has 0 saturated carbocycles. The molecule has 2 aliphatic rings. The number of para-hydroxylation sites is 2. The van der Waals surface area contributed by atoms with Crippen molar-refractivity contribution >= 4 is 45.8 Å². The maximum atomic E-state index is 14.4. The lowest BCUT2D eigenvalue weighted by molar-refractivity contribution is -0.119. The number of fused-ring (bicyclic) bond motifs is 1. The zero-order valence-corrected chi connectivity index (χ0v) is 24.8. The van der Waals surface area contributed by atoms with E-state index in [1.807, 2.05) is 109 Å². The first-order valence-electron chi connectivity index (χ1n) is 15.1. The number of carbonyl (C=O) groups is 4. The molecule has 2 heterocycles. The summed E-state index contributed by atoms with van der Waals surface area (Å²) >= 11 is 0. The molecular weight excluding hydrogens is 562 g/mol. The zero-order chi connectivity index (χ0) is 31.1. The minimum absolute atomic E-state index is 0.0189. The number of nitrogens with zero attached hydrogens (tertiary/aromatic N) is 3. The highest BCUT2D eigenvalue weighted by Gasteiger charge is 2.41. The lowest BCUT2D eigenvalue weighted by Crippen LogP contribution is -2.51. The number of imide groups is 1. The van der Waals surface area contributed by atoms with E-state index in [1.165, 1.54) is 0 Å². The van der Waals surface area contributed by atoms with Crippen molar-refractivity contribution in [3.63, 3.8) is 0 Å². The molecule has 2 atom stereocenters. The van der Waals surface area contributed by atoms with Crippen LogP contribution in [0.3, 0.4) is 0 Å². The number of carbonyl (C=O) groups excluding carboxylic acids is 4. The molecular formula is C38H31N3O4. The van der Waals surface area contributed by atoms with Gasteiger partial charge < -0.3 is 9.80 Å². The maximum Gasteiger partial charge on any atom is 0.261 e. The minimum Gasteiger partial charge on any atom is -0.309 e. The highest BCUT2D eigenvalue weighted by Crippen LogP contribution is 2.42. The normalized spacial score (nSPS) is 17.3. The summed E-state index contributed by atoms with van der Waals surface area (Å²) in [7, 11) is 0. The third-order valence-electron chi connectivity index (χ3n) is 8.79. The van der Waals surface area contributed by atoms with Gasteiger partial charge in [-0.1, -0.05) is 91.0 Å². The quantitative estimate of drug-likeness (QED) is 0.209. The van der Waals surface area contributed by atoms with Gasteiger partial charge in [0.15, 0.2) is 0 Å². The molecule has 2 aliphatic heterocycles. The second kappa shape index (κ2) is 11.5. The van der Waals surface area contributed by atoms with Crippen molar-refractivity contribution in [1.82, 2.24) is 4.90 Å². The van der Waals surface area contributed by atoms with Crippen LogP contribution in [0.4, 0.5) is 11.4 Å². The molecule has 7 nitrogen and oxygen atoms in total. The summed E-state index contributed by atoms with van der Waals surface area (Å²) in [5.41, 5.74) is 3.99. The largest absolute Gasteiger partial charge is 0.309 e. The fourth-order valence-corrected chi connectivity index (χ4v) is 6.78. The van der Waals surface area contributed by atoms with Gasteiger partial charge in [-0.3, -0.25) is 24.1 Å². The van der Waals surface area contributed by atoms with Crippen LogP contribution in [-0.4, -0.2) is 41.1 Å². The maximum absolute atomic E-state index is 14.4. The molecule has 0 fully saturated rings. The molecule has 7 heteroatoms. The number of anilines is 2. The average molecular weight is 594 g/mol. The Morgan fingerprint density at radius 1 is 0.733 bits per heavy atom. The predicted molar refractivity (Wildman–Crippen MR) is 174 cm³/mol. The number of benzene rings is 5. The first-order valence-corrected chi connectivity index (χ1v) is 15.1. The molecule has 0 aromatic heterocycles. The molecule has 5 aromatic rings. The molecule has 0 saturated heterocycles. The van der Waals surface area contributed by atoms with Gasteiger partial charge >= 0.3 is 0 Å². The number of hydrogen-bond donors (Lipinski definition) is 0. The topological polar surface area (TPSA) is 78.0 Å². The molecule has 7 rings (SSSR count). The second-order valence-corrected chi connectivity index (χ2v) is 11.6. The molecule has 5 aromatic carbocycles. The van der Waals surface area contributed by atoms with Crippen molar-refractivity contribution in [2.24, 2.45) is 0 Å². The molecule has 222 valence electrons. The van der Waals surface area contributed by atoms with E-state index in [0.29, 0.717) is 28.6 Å². The summed E-state index contributed by atoms with van der Waals surface area (Å²) < 4.78 is 0. The Morgan fingerprint density at radius 2 is 1.33 bits per heavy atom. The molecule has 0 bridgehead atoms. The van der Waals surface area contributed by atoms with E-state index in [4.69, 9.17) is 0 Å². The summed E-state index contributed by atoms with van der Waals surface area (Å²) in [5.74, 6) is -1.37. The highest BCUT2D eigenvalue weighted by atomic mass is 16.2. The molecule has 0 aliphatic carbocycles. The van der Waals surface area contributed by atoms with Crippen molar-refractivity contribution in [1.29, 1.82) is 0 Å². The Hall–Kier alpha value is -5.56. The third kappa shape index (κ3) is 4.96. The molecule has 0 N–H and O–H groups in total. The summed E-state index contributed by atoms with van der Waals surface area (Å²) in [5, 5.41) is 1.43. The van der Waals surface area contributed by atoms with Crippen molar-refractivity contribution in [2.75, 3.05) is 16.3 Å². The number of rotatable bonds is 6. The highest BCUT2D eigenvalue weighted by molar-refractivity contribution is 6.26. The van der Waals surface area contributed by atoms with Crippen LogP contribution in [0.5, 0.6) is 0 Å². The van der Waals surface area contributed by atoms with Crippen molar-refractivity contribution < 1.29 is 19.2 Å². The SMILES string of the molecule is C[C@H]1C[C@H](N(C(=O)CN2C(=O)c3cccc4cccc(c34)C2=O)c2ccccc2)c2ccccc2N1C(=O)Cc1ccccc1. The van der Waals surface area contributed by atoms with Gasteiger partial charge in [-0.15, -0.1) is 0 Å². The van der Waals surface area contributed by atoms with Crippen LogP contribution >= 0.6 is 0 Å². The first kappa shape index (κ1) is 28.2. The van der Waals surface area contributed by atoms with Crippen molar-refractivity contribution in [3.8, 4) is 0 Å². The lowest BCUT2D eigenvalue weighted by atomic mass is 9.89. The monoisotopic (exact) mass is 593 g/mol. The Morgan fingerprint density at radius 3 is 2.00 bits per heavy atom. The lowest BCUT2D eigenvalue weighted by Gasteiger charge is -2.44. The summed E-state index contributed by atoms with van der Waals surface area (Å²) in [4.78, 5) is 60.1. The Labute approximate surface area is 261 Å². The minimum atomic E-state index is -0.485. The Kier molecular flexibility index (Phi) is 7.22. The van der Waals surface area contributed by atoms with Crippen LogP contribution in [0.25, 0.3) is 10.8 Å². The molecule has 0 unspecified atom stereocenters. The fourth-order valence-electron chi connectivity index (χ4n) is 6.78. The van der Waals surface area contributed by atoms with Gasteiger partial charge in [0.2, 0.25) is 11.8 Å². The number of hydrogen-bond acceptors (Lipinski definition) is 4. The number of amides is 4. The van der Waals surface area contributed by atoms with Crippen LogP contribution in [0.1, 0.15) is 51.2 Å². The van der Waals surface area contributed by atoms with E-state index < -0.39 is 24.4 Å². The Bertz CT molecular complexity index is 1910. The molecule has 0 spiro atoms. The average Bonchev–Trinajstić information content (AvgIpc) is 3.06. The van der Waals surface area contributed by atoms with Crippen molar-refractivity contribution in [3.05, 3.63) is 144 Å². The molecule has 0 radical (unpaired) electrons. The molecule has 45 heavy (non-hydrogen) atoms. The summed E-state index contributed by atoms with van der Waals surface area (Å²) in [6.07, 6.45) is 0.737. The van der Waals surface area contributed by atoms with Gasteiger partial charge in [0.05, 0.1) is 12.5 Å². The van der Waals surface area contributed by atoms with E-state index in [2.05, 4.69) is 0 Å². The van der Waals surface area contributed by atoms with E-state index in [9.17, 15) is 19.2 Å². The smallest absolute Gasteiger partial charge is 0.261 e. The van der Waals surface area contributed by atoms with Gasteiger partial charge in [0.1, 0.15) is 6.54 Å². The fraction of sp³-hybridized carbons (Fsp3) is 0.158. The van der Waals surface area contributed by atoms with Gasteiger partial charge in [0.25, 0.3) is 11.8 Å². The van der Waals surface area contributed by atoms with Crippen LogP contribution in [0.15, 0.2) is 121 Å². The van der Waals surface area contributed by atoms with E-state index >= 15 is 0 Å². The van der Waals surface area contributed by atoms with Gasteiger partial charge in [-0.05, 0) is 60.2 Å². The van der Waals surface area contributed by atoms with E-state index in [1.54, 1.807) is 29.2 Å². The predicted octanol–water partition coefficient (Wildman–Crippen LogP) is 6.58. The third-order valence-corrected chi connectivity index (χ3v) is 8.79. The van der Waals surface area contributed by atoms with Gasteiger partial charge in [-0.25, -0.2) is 0 Å². The van der Waals surface area contributed by atoms with Crippen LogP contribution in [0, 0.1) is 0 Å². The van der Waals surface area contributed by atoms with E-state index in [0.717, 1.165) is 27.1 Å². The van der Waals surface area contributed by atoms with Gasteiger partial charge in [-0.2, -0.15) is 0 Å². The molecule has 4 amide bonds. The first-order chi connectivity index (χ1) is 21.9. The van der Waals surface area contributed by atoms with Crippen LogP contribution in [-0.2, 0) is 16.0 Å². The van der Waals surface area contributed by atoms with Crippen LogP contribution in [0.2, 0.25) is 0 Å². The zero-order valence-electron chi connectivity index (χ0n) is 24.8. The second-order valence-electron chi connectivity index (χ2n) is 11.6. The summed E-state index contributed by atoms with van der Waals surface area (Å²) in [6.45, 7) is 1.58. The summed E-state index contributed by atoms with van der Waals surface area (Å²) in [6, 6.07) is 36.7.